The summed E-state index contributed by atoms with van der Waals surface area (Å²) < 4.78 is 1.74. The predicted octanol–water partition coefficient (Wildman–Crippen LogP) is 1.50. The van der Waals surface area contributed by atoms with Crippen molar-refractivity contribution in [3.05, 3.63) is 18.2 Å². The Kier molecular flexibility index (Phi) is 2.49. The van der Waals surface area contributed by atoms with Gasteiger partial charge < -0.3 is 15.4 Å². The van der Waals surface area contributed by atoms with Crippen molar-refractivity contribution < 1.29 is 0 Å². The van der Waals surface area contributed by atoms with E-state index in [0.29, 0.717) is 5.69 Å². The Hall–Kier alpha value is -1.36. The molecule has 3 N–H and O–H groups in total. The van der Waals surface area contributed by atoms with Gasteiger partial charge in [0.2, 0.25) is 0 Å². The van der Waals surface area contributed by atoms with Crippen LogP contribution in [0.3, 0.4) is 0 Å². The van der Waals surface area contributed by atoms with Crippen LogP contribution in [0.4, 0.5) is 17.1 Å². The van der Waals surface area contributed by atoms with Gasteiger partial charge in [-0.25, -0.2) is 4.99 Å². The lowest BCUT2D eigenvalue weighted by molar-refractivity contribution is 0.712. The van der Waals surface area contributed by atoms with Crippen LogP contribution < -0.4 is 11.1 Å². The van der Waals surface area contributed by atoms with Gasteiger partial charge in [-0.2, -0.15) is 0 Å². The number of nitrogens with two attached hydrogens (primary N) is 1. The molecule has 14 heavy (non-hydrogen) atoms. The Morgan fingerprint density at radius 2 is 2.36 bits per heavy atom. The minimum absolute atomic E-state index is 0.717. The normalized spacial score (nSPS) is 15.4. The predicted molar refractivity (Wildman–Crippen MR) is 63.2 cm³/mol. The topological polar surface area (TPSA) is 53.6 Å². The zero-order valence-electron chi connectivity index (χ0n) is 7.64. The average molecular weight is 208 g/mol. The molecule has 1 aliphatic rings. The van der Waals surface area contributed by atoms with Gasteiger partial charge in [-0.05, 0) is 18.2 Å². The van der Waals surface area contributed by atoms with Gasteiger partial charge in [0, 0.05) is 18.8 Å². The second-order valence-corrected chi connectivity index (χ2v) is 3.62. The van der Waals surface area contributed by atoms with Crippen LogP contribution in [0.1, 0.15) is 0 Å². The Labute approximate surface area is 88.4 Å². The number of benzene rings is 1. The number of nitrogens with one attached hydrogen (secondary N) is 1. The Morgan fingerprint density at radius 3 is 3.21 bits per heavy atom. The molecule has 4 nitrogen and oxygen atoms in total. The van der Waals surface area contributed by atoms with Gasteiger partial charge in [-0.15, -0.1) is 0 Å². The van der Waals surface area contributed by atoms with Crippen LogP contribution in [0.2, 0.25) is 0 Å². The third-order valence-electron chi connectivity index (χ3n) is 2.01. The molecule has 0 unspecified atom stereocenters. The third kappa shape index (κ3) is 1.93. The van der Waals surface area contributed by atoms with E-state index in [1.165, 1.54) is 0 Å². The molecule has 1 heterocycles. The highest BCUT2D eigenvalue weighted by atomic mass is 32.1. The molecule has 1 aromatic rings. The van der Waals surface area contributed by atoms with Gasteiger partial charge in [0.15, 0.2) is 0 Å². The summed E-state index contributed by atoms with van der Waals surface area (Å²) in [6.45, 7) is 1.66. The number of nitrogen functional groups attached to an aromatic ring is 1. The molecule has 0 fully saturated rings. The number of anilines is 2. The third-order valence-corrected chi connectivity index (χ3v) is 2.31. The second-order valence-electron chi connectivity index (χ2n) is 3.11. The Morgan fingerprint density at radius 1 is 1.50 bits per heavy atom. The first-order chi connectivity index (χ1) is 6.75. The Bertz CT molecular complexity index is 364. The van der Waals surface area contributed by atoms with E-state index in [0.717, 1.165) is 24.5 Å². The van der Waals surface area contributed by atoms with Gasteiger partial charge >= 0.3 is 0 Å². The van der Waals surface area contributed by atoms with Crippen LogP contribution in [0, 0.1) is 0 Å². The van der Waals surface area contributed by atoms with Crippen molar-refractivity contribution in [1.29, 1.82) is 0 Å². The summed E-state index contributed by atoms with van der Waals surface area (Å²) >= 11 is 4.21. The fraction of sp³-hybridized carbons (Fsp3) is 0.222. The van der Waals surface area contributed by atoms with Gasteiger partial charge in [0.1, 0.15) is 6.34 Å². The van der Waals surface area contributed by atoms with Crippen molar-refractivity contribution >= 4 is 36.2 Å². The molecule has 0 aromatic heterocycles. The minimum Gasteiger partial charge on any atom is -0.399 e. The van der Waals surface area contributed by atoms with E-state index in [9.17, 15) is 0 Å². The van der Waals surface area contributed by atoms with E-state index in [1.807, 2.05) is 18.2 Å². The summed E-state index contributed by atoms with van der Waals surface area (Å²) in [4.78, 5) is 4.27. The number of nitrogens with zero attached hydrogens (tertiary/aromatic N) is 2. The van der Waals surface area contributed by atoms with Crippen LogP contribution >= 0.6 is 12.8 Å². The van der Waals surface area contributed by atoms with E-state index in [2.05, 4.69) is 23.1 Å². The van der Waals surface area contributed by atoms with Crippen molar-refractivity contribution in [2.75, 3.05) is 24.1 Å². The quantitative estimate of drug-likeness (QED) is 0.447. The van der Waals surface area contributed by atoms with E-state index in [-0.39, 0.29) is 0 Å². The fourth-order valence-corrected chi connectivity index (χ4v) is 1.45. The number of rotatable bonds is 0. The molecule has 0 amide bonds. The zero-order valence-corrected chi connectivity index (χ0v) is 8.54. The largest absolute Gasteiger partial charge is 0.399 e. The molecule has 0 aliphatic carbocycles. The summed E-state index contributed by atoms with van der Waals surface area (Å²) in [5, 5.41) is 3.26. The molecular weight excluding hydrogens is 196 g/mol. The lowest BCUT2D eigenvalue weighted by Crippen LogP contribution is -2.21. The fourth-order valence-electron chi connectivity index (χ4n) is 1.30. The van der Waals surface area contributed by atoms with Crippen molar-refractivity contribution in [1.82, 2.24) is 4.31 Å². The van der Waals surface area contributed by atoms with E-state index >= 15 is 0 Å². The first kappa shape index (κ1) is 9.21. The van der Waals surface area contributed by atoms with Crippen molar-refractivity contribution in [3.63, 3.8) is 0 Å². The SMILES string of the molecule is Nc1ccc2c(c1)N=CN(S)CCN2. The summed E-state index contributed by atoms with van der Waals surface area (Å²) in [7, 11) is 0. The van der Waals surface area contributed by atoms with Crippen LogP contribution in [0.25, 0.3) is 0 Å². The van der Waals surface area contributed by atoms with Gasteiger partial charge in [-0.1, -0.05) is 12.8 Å². The van der Waals surface area contributed by atoms with Crippen LogP contribution in [-0.4, -0.2) is 23.7 Å². The first-order valence-corrected chi connectivity index (χ1v) is 4.79. The number of thiol groups is 1. The number of aliphatic imine (C=N–C) groups is 1. The smallest absolute Gasteiger partial charge is 0.101 e. The van der Waals surface area contributed by atoms with E-state index < -0.39 is 0 Å². The lowest BCUT2D eigenvalue weighted by atomic mass is 10.2. The highest BCUT2D eigenvalue weighted by Crippen LogP contribution is 2.27. The van der Waals surface area contributed by atoms with Crippen LogP contribution in [0.5, 0.6) is 0 Å². The molecule has 5 heteroatoms. The Balaban J connectivity index is 2.38. The van der Waals surface area contributed by atoms with E-state index in [1.54, 1.807) is 10.6 Å². The van der Waals surface area contributed by atoms with E-state index in [4.69, 9.17) is 5.73 Å². The van der Waals surface area contributed by atoms with Gasteiger partial charge in [-0.3, -0.25) is 0 Å². The molecule has 0 saturated heterocycles. The molecule has 2 rings (SSSR count). The molecular formula is C9H12N4S. The van der Waals surface area contributed by atoms with Crippen molar-refractivity contribution in [2.45, 2.75) is 0 Å². The summed E-state index contributed by atoms with van der Waals surface area (Å²) in [6, 6.07) is 5.64. The molecule has 0 bridgehead atoms. The first-order valence-electron chi connectivity index (χ1n) is 4.39. The number of fused-ring (bicyclic) bond motifs is 1. The molecule has 0 spiro atoms. The molecule has 0 saturated carbocycles. The van der Waals surface area contributed by atoms with Gasteiger partial charge in [0.05, 0.1) is 11.4 Å². The number of hydrogen-bond acceptors (Lipinski definition) is 5. The molecule has 1 aromatic carbocycles. The van der Waals surface area contributed by atoms with Crippen molar-refractivity contribution in [2.24, 2.45) is 4.99 Å². The minimum atomic E-state index is 0.717. The lowest BCUT2D eigenvalue weighted by Gasteiger charge is -2.17. The highest BCUT2D eigenvalue weighted by molar-refractivity contribution is 7.78. The van der Waals surface area contributed by atoms with Crippen molar-refractivity contribution in [3.8, 4) is 0 Å². The van der Waals surface area contributed by atoms with Crippen LogP contribution in [-0.2, 0) is 0 Å². The molecule has 0 atom stereocenters. The van der Waals surface area contributed by atoms with Crippen LogP contribution in [0.15, 0.2) is 23.2 Å². The van der Waals surface area contributed by atoms with Gasteiger partial charge in [0.25, 0.3) is 0 Å². The maximum atomic E-state index is 5.67. The maximum Gasteiger partial charge on any atom is 0.101 e. The zero-order chi connectivity index (χ0) is 9.97. The second kappa shape index (κ2) is 3.79. The summed E-state index contributed by atoms with van der Waals surface area (Å²) in [5.41, 5.74) is 8.25. The molecule has 74 valence electrons. The maximum absolute atomic E-state index is 5.67. The standard InChI is InChI=1S/C9H12N4S/c10-7-1-2-8-9(5-7)12-6-13(14)4-3-11-8/h1-2,5-6,11,14H,3-4,10H2. The summed E-state index contributed by atoms with van der Waals surface area (Å²) in [5.74, 6) is 0. The number of hydrogen-bond donors (Lipinski definition) is 3. The highest BCUT2D eigenvalue weighted by Gasteiger charge is 2.04. The summed E-state index contributed by atoms with van der Waals surface area (Å²) in [6.07, 6.45) is 1.70. The monoisotopic (exact) mass is 208 g/mol. The average Bonchev–Trinajstić information content (AvgIpc) is 2.15. The molecule has 0 radical (unpaired) electrons. The molecule has 1 aliphatic heterocycles.